The van der Waals surface area contributed by atoms with Gasteiger partial charge in [-0.05, 0) is 6.07 Å². The monoisotopic (exact) mass is 211 g/mol. The van der Waals surface area contributed by atoms with E-state index in [0.29, 0.717) is 0 Å². The number of aromatic nitrogens is 1. The molecule has 1 atom stereocenters. The first-order chi connectivity index (χ1) is 6.09. The molecule has 1 aromatic heterocycles. The first-order valence-electron chi connectivity index (χ1n) is 3.31. The van der Waals surface area contributed by atoms with Crippen LogP contribution in [0.15, 0.2) is 18.2 Å². The van der Waals surface area contributed by atoms with E-state index >= 15 is 0 Å². The zero-order valence-electron chi connectivity index (χ0n) is 6.25. The van der Waals surface area contributed by atoms with Crippen LogP contribution < -0.4 is 4.74 Å². The second-order valence-electron chi connectivity index (χ2n) is 2.10. The molecule has 0 aliphatic heterocycles. The van der Waals surface area contributed by atoms with E-state index in [2.05, 4.69) is 9.72 Å². The highest BCUT2D eigenvalue weighted by Crippen LogP contribution is 2.15. The van der Waals surface area contributed by atoms with Crippen molar-refractivity contribution in [3.05, 3.63) is 23.4 Å². The van der Waals surface area contributed by atoms with E-state index in [1.165, 1.54) is 18.2 Å². The lowest BCUT2D eigenvalue weighted by atomic mass is 10.5. The molecule has 0 amide bonds. The highest BCUT2D eigenvalue weighted by atomic mass is 35.5. The molecule has 1 rings (SSSR count). The summed E-state index contributed by atoms with van der Waals surface area (Å²) in [4.78, 5) is 3.47. The Morgan fingerprint density at radius 3 is 2.54 bits per heavy atom. The number of rotatable bonds is 3. The van der Waals surface area contributed by atoms with Gasteiger partial charge < -0.3 is 4.74 Å². The number of halogens is 4. The summed E-state index contributed by atoms with van der Waals surface area (Å²) in [6.45, 7) is 0. The van der Waals surface area contributed by atoms with Gasteiger partial charge in [-0.1, -0.05) is 17.7 Å². The lowest BCUT2D eigenvalue weighted by Gasteiger charge is -2.08. The van der Waals surface area contributed by atoms with Gasteiger partial charge in [-0.3, -0.25) is 0 Å². The van der Waals surface area contributed by atoms with Crippen molar-refractivity contribution in [2.45, 2.75) is 12.8 Å². The van der Waals surface area contributed by atoms with E-state index < -0.39 is 12.8 Å². The van der Waals surface area contributed by atoms with E-state index in [1.807, 2.05) is 0 Å². The first-order valence-corrected chi connectivity index (χ1v) is 3.69. The van der Waals surface area contributed by atoms with Gasteiger partial charge in [-0.25, -0.2) is 13.8 Å². The number of alkyl halides is 3. The maximum atomic E-state index is 12.3. The summed E-state index contributed by atoms with van der Waals surface area (Å²) < 4.78 is 39.7. The molecule has 1 heterocycles. The van der Waals surface area contributed by atoms with Crippen LogP contribution in [0, 0.1) is 0 Å². The molecule has 13 heavy (non-hydrogen) atoms. The largest absolute Gasteiger partial charge is 0.437 e. The molecule has 2 nitrogen and oxygen atoms in total. The Morgan fingerprint density at radius 1 is 1.31 bits per heavy atom. The van der Waals surface area contributed by atoms with Gasteiger partial charge in [0.15, 0.2) is 0 Å². The average Bonchev–Trinajstić information content (AvgIpc) is 2.04. The lowest BCUT2D eigenvalue weighted by Crippen LogP contribution is -2.19. The van der Waals surface area contributed by atoms with Crippen molar-refractivity contribution in [2.75, 3.05) is 0 Å². The van der Waals surface area contributed by atoms with Crippen LogP contribution in [0.25, 0.3) is 0 Å². The van der Waals surface area contributed by atoms with Gasteiger partial charge in [0.25, 0.3) is 6.36 Å². The average molecular weight is 212 g/mol. The summed E-state index contributed by atoms with van der Waals surface area (Å²) in [5.41, 5.74) is 0. The molecule has 1 aromatic rings. The van der Waals surface area contributed by atoms with Crippen LogP contribution in [0.2, 0.25) is 5.15 Å². The van der Waals surface area contributed by atoms with Gasteiger partial charge in [0.05, 0.1) is 0 Å². The molecule has 72 valence electrons. The Balaban J connectivity index is 2.64. The third-order valence-electron chi connectivity index (χ3n) is 1.12. The van der Waals surface area contributed by atoms with Crippen LogP contribution in [0.5, 0.6) is 5.88 Å². The molecule has 6 heteroatoms. The Morgan fingerprint density at radius 2 is 2.00 bits per heavy atom. The summed E-state index contributed by atoms with van der Waals surface area (Å²) >= 11 is 5.41. The molecule has 0 aliphatic rings. The van der Waals surface area contributed by atoms with Gasteiger partial charge in [0.2, 0.25) is 5.88 Å². The van der Waals surface area contributed by atoms with Crippen molar-refractivity contribution >= 4 is 11.6 Å². The fraction of sp³-hybridized carbons (Fsp3) is 0.286. The quantitative estimate of drug-likeness (QED) is 0.717. The van der Waals surface area contributed by atoms with Gasteiger partial charge in [-0.15, -0.1) is 0 Å². The highest BCUT2D eigenvalue weighted by molar-refractivity contribution is 6.29. The van der Waals surface area contributed by atoms with Gasteiger partial charge in [0, 0.05) is 6.07 Å². The molecule has 0 bridgehead atoms. The number of ether oxygens (including phenoxy) is 1. The van der Waals surface area contributed by atoms with Crippen LogP contribution >= 0.6 is 11.6 Å². The molecule has 0 spiro atoms. The van der Waals surface area contributed by atoms with Gasteiger partial charge in [0.1, 0.15) is 5.15 Å². The highest BCUT2D eigenvalue weighted by Gasteiger charge is 2.21. The summed E-state index contributed by atoms with van der Waals surface area (Å²) in [6, 6.07) is 4.08. The van der Waals surface area contributed by atoms with Gasteiger partial charge >= 0.3 is 6.43 Å². The zero-order chi connectivity index (χ0) is 9.84. The number of pyridine rings is 1. The van der Waals surface area contributed by atoms with E-state index in [-0.39, 0.29) is 11.0 Å². The van der Waals surface area contributed by atoms with Crippen LogP contribution in [0.4, 0.5) is 13.2 Å². The normalized spacial score (nSPS) is 13.0. The van der Waals surface area contributed by atoms with Crippen molar-refractivity contribution in [1.82, 2.24) is 4.98 Å². The minimum Gasteiger partial charge on any atom is -0.437 e. The smallest absolute Gasteiger partial charge is 0.304 e. The Kier molecular flexibility index (Phi) is 3.36. The van der Waals surface area contributed by atoms with Crippen molar-refractivity contribution in [1.29, 1.82) is 0 Å². The summed E-state index contributed by atoms with van der Waals surface area (Å²) in [5.74, 6) is -0.264. The molecule has 0 fully saturated rings. The summed E-state index contributed by atoms with van der Waals surface area (Å²) in [7, 11) is 0. The van der Waals surface area contributed by atoms with Crippen LogP contribution in [-0.4, -0.2) is 17.8 Å². The Hall–Kier alpha value is -0.970. The Labute approximate surface area is 77.3 Å². The summed E-state index contributed by atoms with van der Waals surface area (Å²) in [6.07, 6.45) is -5.87. The predicted molar refractivity (Wildman–Crippen MR) is 40.8 cm³/mol. The van der Waals surface area contributed by atoms with E-state index in [1.54, 1.807) is 0 Å². The molecule has 1 unspecified atom stereocenters. The molecule has 0 saturated carbocycles. The zero-order valence-corrected chi connectivity index (χ0v) is 7.01. The fourth-order valence-electron chi connectivity index (χ4n) is 0.622. The van der Waals surface area contributed by atoms with Crippen LogP contribution in [-0.2, 0) is 0 Å². The fourth-order valence-corrected chi connectivity index (χ4v) is 0.778. The van der Waals surface area contributed by atoms with Crippen molar-refractivity contribution in [2.24, 2.45) is 0 Å². The van der Waals surface area contributed by atoms with E-state index in [4.69, 9.17) is 11.6 Å². The maximum Gasteiger partial charge on any atom is 0.304 e. The lowest BCUT2D eigenvalue weighted by molar-refractivity contribution is -0.0690. The van der Waals surface area contributed by atoms with Crippen LogP contribution in [0.3, 0.4) is 0 Å². The maximum absolute atomic E-state index is 12.3. The minimum absolute atomic E-state index is 0.0546. The molecular weight excluding hydrogens is 207 g/mol. The second-order valence-corrected chi connectivity index (χ2v) is 2.49. The Bertz CT molecular complexity index is 284. The van der Waals surface area contributed by atoms with E-state index in [9.17, 15) is 13.2 Å². The first kappa shape index (κ1) is 10.1. The van der Waals surface area contributed by atoms with Crippen molar-refractivity contribution in [3.8, 4) is 5.88 Å². The number of nitrogens with zero attached hydrogens (tertiary/aromatic N) is 1. The topological polar surface area (TPSA) is 22.1 Å². The molecular formula is C7H5ClF3NO. The standard InChI is InChI=1S/C7H5ClF3NO/c8-4-2-1-3-5(12-4)13-7(11)6(9)10/h1-3,6-7H. The predicted octanol–water partition coefficient (Wildman–Crippen LogP) is 2.67. The second kappa shape index (κ2) is 4.32. The van der Waals surface area contributed by atoms with Crippen molar-refractivity contribution in [3.63, 3.8) is 0 Å². The molecule has 0 aliphatic carbocycles. The molecule has 0 aromatic carbocycles. The van der Waals surface area contributed by atoms with Crippen molar-refractivity contribution < 1.29 is 17.9 Å². The van der Waals surface area contributed by atoms with E-state index in [0.717, 1.165) is 0 Å². The number of hydrogen-bond donors (Lipinski definition) is 0. The summed E-state index contributed by atoms with van der Waals surface area (Å²) in [5, 5.41) is 0.0546. The van der Waals surface area contributed by atoms with Gasteiger partial charge in [-0.2, -0.15) is 4.39 Å². The van der Waals surface area contributed by atoms with Crippen LogP contribution in [0.1, 0.15) is 0 Å². The third-order valence-corrected chi connectivity index (χ3v) is 1.33. The molecule has 0 N–H and O–H groups in total. The molecule has 0 radical (unpaired) electrons. The molecule has 0 saturated heterocycles. The number of hydrogen-bond acceptors (Lipinski definition) is 2. The third kappa shape index (κ3) is 3.10. The SMILES string of the molecule is FC(F)C(F)Oc1cccc(Cl)n1. The minimum atomic E-state index is -3.19.